The van der Waals surface area contributed by atoms with Crippen molar-refractivity contribution < 1.29 is 14.2 Å². The minimum Gasteiger partial charge on any atom is -0.391 e. The average molecular weight is 252 g/mol. The lowest BCUT2D eigenvalue weighted by molar-refractivity contribution is 0.0594. The van der Waals surface area contributed by atoms with Crippen LogP contribution in [0.1, 0.15) is 17.5 Å². The van der Waals surface area contributed by atoms with Crippen molar-refractivity contribution in [1.29, 1.82) is 5.26 Å². The highest BCUT2D eigenvalue weighted by Crippen LogP contribution is 2.09. The number of nitrogens with one attached hydrogen (secondary N) is 1. The molecule has 98 valence electrons. The zero-order valence-electron chi connectivity index (χ0n) is 10.3. The number of hydrogen-bond donors (Lipinski definition) is 2. The molecule has 2 N–H and O–H groups in total. The van der Waals surface area contributed by atoms with Gasteiger partial charge in [-0.15, -0.1) is 0 Å². The Hall–Kier alpha value is -1.48. The van der Waals surface area contributed by atoms with Crippen molar-refractivity contribution in [3.63, 3.8) is 0 Å². The van der Waals surface area contributed by atoms with E-state index in [1.807, 2.05) is 0 Å². The largest absolute Gasteiger partial charge is 0.391 e. The van der Waals surface area contributed by atoms with Gasteiger partial charge >= 0.3 is 0 Å². The van der Waals surface area contributed by atoms with Crippen LogP contribution in [0.3, 0.4) is 0 Å². The van der Waals surface area contributed by atoms with Crippen LogP contribution in [0.25, 0.3) is 0 Å². The standard InChI is InChI=1S/C13H17FN2O2/c1-18-9-12(17)4-5-16-8-10-2-3-13(14)11(6-10)7-15/h2-3,6,12,16-17H,4-5,8-9H2,1H3. The Morgan fingerprint density at radius 2 is 2.33 bits per heavy atom. The van der Waals surface area contributed by atoms with E-state index in [0.717, 1.165) is 5.56 Å². The Kier molecular flexibility index (Phi) is 6.29. The van der Waals surface area contributed by atoms with Crippen molar-refractivity contribution in [2.75, 3.05) is 20.3 Å². The molecule has 0 fully saturated rings. The van der Waals surface area contributed by atoms with E-state index in [9.17, 15) is 9.50 Å². The molecule has 4 nitrogen and oxygen atoms in total. The Morgan fingerprint density at radius 3 is 3.00 bits per heavy atom. The highest BCUT2D eigenvalue weighted by molar-refractivity contribution is 5.34. The molecule has 0 amide bonds. The molecule has 1 aromatic rings. The molecule has 1 atom stereocenters. The fraction of sp³-hybridized carbons (Fsp3) is 0.462. The minimum atomic E-state index is -0.503. The van der Waals surface area contributed by atoms with Crippen molar-refractivity contribution in [2.24, 2.45) is 0 Å². The summed E-state index contributed by atoms with van der Waals surface area (Å²) in [7, 11) is 1.54. The van der Waals surface area contributed by atoms with Gasteiger partial charge in [0.05, 0.1) is 18.3 Å². The van der Waals surface area contributed by atoms with Gasteiger partial charge in [-0.3, -0.25) is 0 Å². The molecule has 0 saturated heterocycles. The first-order valence-electron chi connectivity index (χ1n) is 5.73. The van der Waals surface area contributed by atoms with E-state index in [0.29, 0.717) is 26.1 Å². The second kappa shape index (κ2) is 7.77. The molecule has 0 bridgehead atoms. The van der Waals surface area contributed by atoms with Crippen molar-refractivity contribution in [2.45, 2.75) is 19.1 Å². The Labute approximate surface area is 106 Å². The SMILES string of the molecule is COCC(O)CCNCc1ccc(F)c(C#N)c1. The summed E-state index contributed by atoms with van der Waals surface area (Å²) in [4.78, 5) is 0. The van der Waals surface area contributed by atoms with E-state index in [1.165, 1.54) is 12.1 Å². The topological polar surface area (TPSA) is 65.3 Å². The zero-order chi connectivity index (χ0) is 13.4. The van der Waals surface area contributed by atoms with Gasteiger partial charge in [0.15, 0.2) is 0 Å². The number of nitrogens with zero attached hydrogens (tertiary/aromatic N) is 1. The molecule has 5 heteroatoms. The first-order chi connectivity index (χ1) is 8.67. The van der Waals surface area contributed by atoms with Crippen LogP contribution < -0.4 is 5.32 Å². The summed E-state index contributed by atoms with van der Waals surface area (Å²) in [6, 6.07) is 6.24. The van der Waals surface area contributed by atoms with Crippen molar-refractivity contribution >= 4 is 0 Å². The van der Waals surface area contributed by atoms with Crippen LogP contribution in [0.15, 0.2) is 18.2 Å². The van der Waals surface area contributed by atoms with Crippen LogP contribution in [-0.2, 0) is 11.3 Å². The van der Waals surface area contributed by atoms with Crippen LogP contribution in [-0.4, -0.2) is 31.5 Å². The highest BCUT2D eigenvalue weighted by Gasteiger charge is 2.04. The normalized spacial score (nSPS) is 12.1. The van der Waals surface area contributed by atoms with Crippen LogP contribution in [0.2, 0.25) is 0 Å². The first-order valence-corrected chi connectivity index (χ1v) is 5.73. The van der Waals surface area contributed by atoms with Crippen LogP contribution >= 0.6 is 0 Å². The number of ether oxygens (including phenoxy) is 1. The van der Waals surface area contributed by atoms with Crippen LogP contribution in [0, 0.1) is 17.1 Å². The number of aliphatic hydroxyl groups excluding tert-OH is 1. The van der Waals surface area contributed by atoms with Gasteiger partial charge in [-0.2, -0.15) is 5.26 Å². The number of hydrogen-bond acceptors (Lipinski definition) is 4. The monoisotopic (exact) mass is 252 g/mol. The molecule has 0 heterocycles. The van der Waals surface area contributed by atoms with Crippen LogP contribution in [0.4, 0.5) is 4.39 Å². The molecular formula is C13H17FN2O2. The summed E-state index contributed by atoms with van der Waals surface area (Å²) in [5, 5.41) is 21.2. The first kappa shape index (κ1) is 14.6. The van der Waals surface area contributed by atoms with Gasteiger partial charge in [0.1, 0.15) is 11.9 Å². The molecule has 0 aliphatic carbocycles. The van der Waals surface area contributed by atoms with Gasteiger partial charge in [-0.1, -0.05) is 6.07 Å². The van der Waals surface area contributed by atoms with Gasteiger partial charge in [0.25, 0.3) is 0 Å². The Bertz CT molecular complexity index is 418. The fourth-order valence-corrected chi connectivity index (χ4v) is 1.55. The Balaban J connectivity index is 2.34. The summed E-state index contributed by atoms with van der Waals surface area (Å²) >= 11 is 0. The van der Waals surface area contributed by atoms with E-state index in [1.54, 1.807) is 19.2 Å². The van der Waals surface area contributed by atoms with Gasteiger partial charge < -0.3 is 15.2 Å². The summed E-state index contributed by atoms with van der Waals surface area (Å²) in [6.45, 7) is 1.48. The van der Waals surface area contributed by atoms with Crippen molar-refractivity contribution in [3.05, 3.63) is 35.1 Å². The van der Waals surface area contributed by atoms with E-state index in [4.69, 9.17) is 10.00 Å². The predicted molar refractivity (Wildman–Crippen MR) is 65.3 cm³/mol. The number of benzene rings is 1. The molecule has 0 radical (unpaired) electrons. The van der Waals surface area contributed by atoms with Gasteiger partial charge in [-0.25, -0.2) is 4.39 Å². The van der Waals surface area contributed by atoms with E-state index in [2.05, 4.69) is 5.32 Å². The molecule has 0 aromatic heterocycles. The van der Waals surface area contributed by atoms with E-state index < -0.39 is 11.9 Å². The van der Waals surface area contributed by atoms with Crippen molar-refractivity contribution in [1.82, 2.24) is 5.32 Å². The van der Waals surface area contributed by atoms with Gasteiger partial charge in [-0.05, 0) is 30.7 Å². The van der Waals surface area contributed by atoms with Crippen molar-refractivity contribution in [3.8, 4) is 6.07 Å². The lowest BCUT2D eigenvalue weighted by Gasteiger charge is -2.10. The summed E-state index contributed by atoms with van der Waals surface area (Å²) in [5.41, 5.74) is 0.892. The molecule has 0 aliphatic rings. The lowest BCUT2D eigenvalue weighted by atomic mass is 10.1. The van der Waals surface area contributed by atoms with Gasteiger partial charge in [0, 0.05) is 13.7 Å². The maximum Gasteiger partial charge on any atom is 0.140 e. The summed E-state index contributed by atoms with van der Waals surface area (Å²) in [5.74, 6) is -0.503. The average Bonchev–Trinajstić information content (AvgIpc) is 2.37. The lowest BCUT2D eigenvalue weighted by Crippen LogP contribution is -2.23. The third-order valence-corrected chi connectivity index (χ3v) is 2.49. The number of nitriles is 1. The molecule has 1 unspecified atom stereocenters. The van der Waals surface area contributed by atoms with Crippen LogP contribution in [0.5, 0.6) is 0 Å². The molecule has 18 heavy (non-hydrogen) atoms. The quantitative estimate of drug-likeness (QED) is 0.715. The molecule has 0 spiro atoms. The minimum absolute atomic E-state index is 0.0497. The molecule has 1 aromatic carbocycles. The van der Waals surface area contributed by atoms with Gasteiger partial charge in [0.2, 0.25) is 0 Å². The molecule has 1 rings (SSSR count). The van der Waals surface area contributed by atoms with E-state index >= 15 is 0 Å². The fourth-order valence-electron chi connectivity index (χ4n) is 1.55. The smallest absolute Gasteiger partial charge is 0.140 e. The second-order valence-electron chi connectivity index (χ2n) is 4.00. The summed E-state index contributed by atoms with van der Waals surface area (Å²) in [6.07, 6.45) is 0.102. The number of aliphatic hydroxyl groups is 1. The number of methoxy groups -OCH3 is 1. The molecule has 0 aliphatic heterocycles. The third-order valence-electron chi connectivity index (χ3n) is 2.49. The summed E-state index contributed by atoms with van der Waals surface area (Å²) < 4.78 is 17.9. The predicted octanol–water partition coefficient (Wildman–Crippen LogP) is 1.18. The Morgan fingerprint density at radius 1 is 1.56 bits per heavy atom. The maximum absolute atomic E-state index is 13.1. The molecular weight excluding hydrogens is 235 g/mol. The highest BCUT2D eigenvalue weighted by atomic mass is 19.1. The zero-order valence-corrected chi connectivity index (χ0v) is 10.3. The third kappa shape index (κ3) is 4.80. The number of halogens is 1. The second-order valence-corrected chi connectivity index (χ2v) is 4.00. The molecule has 0 saturated carbocycles. The van der Waals surface area contributed by atoms with E-state index in [-0.39, 0.29) is 5.56 Å². The number of rotatable bonds is 7. The maximum atomic E-state index is 13.1.